The van der Waals surface area contributed by atoms with Crippen molar-refractivity contribution in [1.29, 1.82) is 0 Å². The first-order valence-corrected chi connectivity index (χ1v) is 21.8. The number of hydrogen-bond donors (Lipinski definition) is 0. The van der Waals surface area contributed by atoms with Crippen LogP contribution in [0.5, 0.6) is 0 Å². The highest BCUT2D eigenvalue weighted by molar-refractivity contribution is 7.25. The molecule has 0 aliphatic carbocycles. The van der Waals surface area contributed by atoms with Crippen molar-refractivity contribution in [3.8, 4) is 51.0 Å². The van der Waals surface area contributed by atoms with Crippen molar-refractivity contribution in [2.45, 2.75) is 0 Å². The smallest absolute Gasteiger partial charge is 0.238 e. The van der Waals surface area contributed by atoms with E-state index in [4.69, 9.17) is 15.0 Å². The van der Waals surface area contributed by atoms with Gasteiger partial charge in [-0.3, -0.25) is 4.57 Å². The van der Waals surface area contributed by atoms with Crippen LogP contribution in [0.1, 0.15) is 0 Å². The molecular formula is C57H34N4S. The zero-order valence-corrected chi connectivity index (χ0v) is 34.1. The highest BCUT2D eigenvalue weighted by Crippen LogP contribution is 2.46. The zero-order chi connectivity index (χ0) is 40.7. The Morgan fingerprint density at radius 1 is 0.323 bits per heavy atom. The van der Waals surface area contributed by atoms with E-state index in [1.807, 2.05) is 29.5 Å². The van der Waals surface area contributed by atoms with Gasteiger partial charge in [0.25, 0.3) is 0 Å². The van der Waals surface area contributed by atoms with Gasteiger partial charge in [-0.15, -0.1) is 11.3 Å². The lowest BCUT2D eigenvalue weighted by Gasteiger charge is -2.14. The maximum absolute atomic E-state index is 5.50. The normalized spacial score (nSPS) is 11.9. The highest BCUT2D eigenvalue weighted by atomic mass is 32.1. The van der Waals surface area contributed by atoms with Crippen molar-refractivity contribution in [3.05, 3.63) is 206 Å². The lowest BCUT2D eigenvalue weighted by molar-refractivity contribution is 0.954. The van der Waals surface area contributed by atoms with E-state index < -0.39 is 0 Å². The fraction of sp³-hybridized carbons (Fsp3) is 0. The van der Waals surface area contributed by atoms with E-state index >= 15 is 0 Å². The monoisotopic (exact) mass is 806 g/mol. The number of nitrogens with zero attached hydrogens (tertiary/aromatic N) is 4. The number of para-hydroxylation sites is 1. The molecule has 0 unspecified atom stereocenters. The predicted octanol–water partition coefficient (Wildman–Crippen LogP) is 15.5. The zero-order valence-electron chi connectivity index (χ0n) is 33.3. The van der Waals surface area contributed by atoms with Crippen LogP contribution < -0.4 is 0 Å². The van der Waals surface area contributed by atoms with E-state index in [0.29, 0.717) is 17.6 Å². The van der Waals surface area contributed by atoms with Crippen molar-refractivity contribution in [2.24, 2.45) is 0 Å². The molecule has 0 N–H and O–H groups in total. The van der Waals surface area contributed by atoms with Crippen LogP contribution in [0, 0.1) is 0 Å². The van der Waals surface area contributed by atoms with E-state index in [2.05, 4.69) is 193 Å². The lowest BCUT2D eigenvalue weighted by Crippen LogP contribution is -2.07. The fourth-order valence-corrected chi connectivity index (χ4v) is 10.9. The van der Waals surface area contributed by atoms with Crippen LogP contribution in [0.2, 0.25) is 0 Å². The molecule has 3 aromatic heterocycles. The van der Waals surface area contributed by atoms with Crippen LogP contribution in [0.3, 0.4) is 0 Å². The molecule has 0 spiro atoms. The number of aromatic nitrogens is 4. The largest absolute Gasteiger partial charge is 0.277 e. The minimum atomic E-state index is 0.567. The second-order valence-electron chi connectivity index (χ2n) is 15.9. The number of thiophene rings is 1. The van der Waals surface area contributed by atoms with Gasteiger partial charge in [0.1, 0.15) is 0 Å². The molecule has 13 aromatic rings. The quantitative estimate of drug-likeness (QED) is 0.163. The van der Waals surface area contributed by atoms with Gasteiger partial charge in [-0.1, -0.05) is 182 Å². The number of hydrogen-bond acceptors (Lipinski definition) is 4. The Labute approximate surface area is 360 Å². The second kappa shape index (κ2) is 13.8. The van der Waals surface area contributed by atoms with E-state index in [1.165, 1.54) is 58.1 Å². The second-order valence-corrected chi connectivity index (χ2v) is 17.0. The third-order valence-corrected chi connectivity index (χ3v) is 13.6. The Hall–Kier alpha value is -7.99. The van der Waals surface area contributed by atoms with Crippen LogP contribution in [0.25, 0.3) is 125 Å². The van der Waals surface area contributed by atoms with Crippen molar-refractivity contribution >= 4 is 85.6 Å². The van der Waals surface area contributed by atoms with Gasteiger partial charge in [0.2, 0.25) is 5.95 Å². The molecular weight excluding hydrogens is 773 g/mol. The Morgan fingerprint density at radius 2 is 0.855 bits per heavy atom. The van der Waals surface area contributed by atoms with Gasteiger partial charge in [0.15, 0.2) is 11.6 Å². The summed E-state index contributed by atoms with van der Waals surface area (Å²) >= 11 is 1.84. The molecule has 0 bridgehead atoms. The summed E-state index contributed by atoms with van der Waals surface area (Å²) in [6.45, 7) is 0. The summed E-state index contributed by atoms with van der Waals surface area (Å²) in [5.74, 6) is 1.80. The maximum atomic E-state index is 5.50. The molecule has 0 atom stereocenters. The summed E-state index contributed by atoms with van der Waals surface area (Å²) in [6.07, 6.45) is 0. The third-order valence-electron chi connectivity index (χ3n) is 12.4. The number of benzene rings is 10. The average Bonchev–Trinajstić information content (AvgIpc) is 3.91. The number of fused-ring (bicyclic) bond motifs is 12. The molecule has 62 heavy (non-hydrogen) atoms. The fourth-order valence-electron chi connectivity index (χ4n) is 9.76. The maximum Gasteiger partial charge on any atom is 0.238 e. The first-order valence-electron chi connectivity index (χ1n) is 20.9. The molecule has 0 aliphatic rings. The van der Waals surface area contributed by atoms with Gasteiger partial charge in [-0.25, -0.2) is 4.98 Å². The van der Waals surface area contributed by atoms with E-state index in [-0.39, 0.29) is 0 Å². The minimum Gasteiger partial charge on any atom is -0.277 e. The highest BCUT2D eigenvalue weighted by Gasteiger charge is 2.24. The molecule has 10 aromatic carbocycles. The Balaban J connectivity index is 1.15. The van der Waals surface area contributed by atoms with Crippen LogP contribution in [-0.2, 0) is 0 Å². The molecule has 0 radical (unpaired) electrons. The van der Waals surface area contributed by atoms with Crippen LogP contribution in [-0.4, -0.2) is 19.5 Å². The summed E-state index contributed by atoms with van der Waals surface area (Å²) in [6, 6.07) is 73.8. The number of rotatable bonds is 5. The Bertz CT molecular complexity index is 3890. The Morgan fingerprint density at radius 3 is 1.60 bits per heavy atom. The van der Waals surface area contributed by atoms with Crippen molar-refractivity contribution in [3.63, 3.8) is 0 Å². The molecule has 4 nitrogen and oxygen atoms in total. The molecule has 288 valence electrons. The van der Waals surface area contributed by atoms with Crippen LogP contribution in [0.15, 0.2) is 206 Å². The van der Waals surface area contributed by atoms with Gasteiger partial charge in [0.05, 0.1) is 11.0 Å². The van der Waals surface area contributed by atoms with E-state index in [1.54, 1.807) is 0 Å². The van der Waals surface area contributed by atoms with Gasteiger partial charge < -0.3 is 0 Å². The van der Waals surface area contributed by atoms with Gasteiger partial charge >= 0.3 is 0 Å². The summed E-state index contributed by atoms with van der Waals surface area (Å²) in [7, 11) is 0. The third kappa shape index (κ3) is 5.29. The summed E-state index contributed by atoms with van der Waals surface area (Å²) in [5, 5.41) is 12.1. The van der Waals surface area contributed by atoms with Crippen molar-refractivity contribution in [2.75, 3.05) is 0 Å². The molecule has 13 rings (SSSR count). The SMILES string of the molecule is c1ccc(-c2nc(-c3ccc4c5ccccc5c5ccccc5c4c3)nc(-n3c4cccc(-c5ccccc5)c4c4cccc(-c5cccc6sc7ccccc7c56)c43)n2)cc1. The standard InChI is InChI=1S/C57H34N4S/c1-3-16-35(17-4-1)38-25-14-29-49-52(38)47-28-13-27-45(44-26-15-31-51-53(44)46-24-11-12-30-50(46)62-51)54(47)61(49)57-59-55(36-18-5-2-6-19-36)58-56(60-57)37-32-33-43-41-22-8-7-20-39(41)40-21-9-10-23-42(40)48(43)34-37/h1-34H. The first kappa shape index (κ1) is 34.8. The Kier molecular flexibility index (Phi) is 7.74. The van der Waals surface area contributed by atoms with Gasteiger partial charge in [-0.05, 0) is 73.3 Å². The molecule has 0 amide bonds. The predicted molar refractivity (Wildman–Crippen MR) is 261 cm³/mol. The van der Waals surface area contributed by atoms with Crippen LogP contribution in [0.4, 0.5) is 0 Å². The summed E-state index contributed by atoms with van der Waals surface area (Å²) in [5.41, 5.74) is 8.57. The van der Waals surface area contributed by atoms with E-state index in [0.717, 1.165) is 49.6 Å². The lowest BCUT2D eigenvalue weighted by atomic mass is 9.93. The molecule has 0 fully saturated rings. The molecule has 0 saturated carbocycles. The van der Waals surface area contributed by atoms with Crippen LogP contribution >= 0.6 is 11.3 Å². The molecule has 3 heterocycles. The van der Waals surface area contributed by atoms with Gasteiger partial charge in [0, 0.05) is 47.6 Å². The van der Waals surface area contributed by atoms with Crippen molar-refractivity contribution in [1.82, 2.24) is 19.5 Å². The summed E-state index contributed by atoms with van der Waals surface area (Å²) in [4.78, 5) is 16.2. The molecule has 0 aliphatic heterocycles. The molecule has 0 saturated heterocycles. The average molecular weight is 807 g/mol. The molecule has 5 heteroatoms. The topological polar surface area (TPSA) is 43.6 Å². The first-order chi connectivity index (χ1) is 30.8. The van der Waals surface area contributed by atoms with E-state index in [9.17, 15) is 0 Å². The van der Waals surface area contributed by atoms with Gasteiger partial charge in [-0.2, -0.15) is 9.97 Å². The summed E-state index contributed by atoms with van der Waals surface area (Å²) < 4.78 is 4.83. The minimum absolute atomic E-state index is 0.567. The van der Waals surface area contributed by atoms with Crippen molar-refractivity contribution < 1.29 is 0 Å².